The Hall–Kier alpha value is -4.45. The molecule has 5 rings (SSSR count). The number of hydrogen-bond acceptors (Lipinski definition) is 9. The number of anilines is 3. The summed E-state index contributed by atoms with van der Waals surface area (Å²) >= 11 is 0. The highest BCUT2D eigenvalue weighted by atomic mass is 16.5. The minimum atomic E-state index is -1.02. The molecule has 1 aliphatic heterocycles. The summed E-state index contributed by atoms with van der Waals surface area (Å²) in [5.41, 5.74) is 3.20. The number of carbonyl (C=O) groups is 1. The molecule has 12 heteroatoms. The van der Waals surface area contributed by atoms with E-state index in [1.54, 1.807) is 13.0 Å². The molecular weight excluding hydrogens is 486 g/mol. The number of aryl methyl sites for hydroxylation is 2. The maximum absolute atomic E-state index is 11.7. The highest BCUT2D eigenvalue weighted by Crippen LogP contribution is 2.24. The molecule has 4 aromatic rings. The van der Waals surface area contributed by atoms with Crippen LogP contribution in [-0.4, -0.2) is 79.5 Å². The van der Waals surface area contributed by atoms with E-state index in [9.17, 15) is 9.90 Å². The molecule has 38 heavy (non-hydrogen) atoms. The Morgan fingerprint density at radius 2 is 1.82 bits per heavy atom. The Morgan fingerprint density at radius 3 is 2.50 bits per heavy atom. The molecule has 1 aromatic carbocycles. The molecule has 0 spiro atoms. The van der Waals surface area contributed by atoms with Gasteiger partial charge in [0.15, 0.2) is 5.82 Å². The van der Waals surface area contributed by atoms with Crippen LogP contribution in [0, 0.1) is 13.8 Å². The Balaban J connectivity index is 1.24. The maximum Gasteiger partial charge on any atom is 0.407 e. The second kappa shape index (κ2) is 10.9. The Kier molecular flexibility index (Phi) is 7.22. The molecule has 1 fully saturated rings. The van der Waals surface area contributed by atoms with Crippen LogP contribution in [0.25, 0.3) is 11.3 Å². The van der Waals surface area contributed by atoms with Gasteiger partial charge in [0.05, 0.1) is 12.2 Å². The zero-order chi connectivity index (χ0) is 26.6. The number of rotatable bonds is 8. The number of amides is 1. The number of nitrogens with zero attached hydrogens (tertiary/aromatic N) is 7. The van der Waals surface area contributed by atoms with E-state index >= 15 is 0 Å². The number of aromatic amines is 1. The molecule has 1 amide bonds. The van der Waals surface area contributed by atoms with Gasteiger partial charge in [-0.15, -0.1) is 0 Å². The van der Waals surface area contributed by atoms with E-state index in [2.05, 4.69) is 47.5 Å². The molecule has 0 saturated carbocycles. The van der Waals surface area contributed by atoms with Crippen molar-refractivity contribution in [1.29, 1.82) is 0 Å². The summed E-state index contributed by atoms with van der Waals surface area (Å²) in [7, 11) is 2.13. The van der Waals surface area contributed by atoms with Gasteiger partial charge in [0, 0.05) is 50.9 Å². The van der Waals surface area contributed by atoms with E-state index in [-0.39, 0.29) is 13.1 Å². The van der Waals surface area contributed by atoms with Crippen LogP contribution in [0.5, 0.6) is 0 Å². The topological polar surface area (TPSA) is 140 Å². The molecule has 0 bridgehead atoms. The first-order valence-corrected chi connectivity index (χ1v) is 12.4. The molecule has 0 atom stereocenters. The standard InChI is InChI=1S/C26H31N9O3/c1-17-12-21(32-38-17)16-35(26(36)37)15-19-4-6-20(7-5-19)22-13-24(31-30-22)29-23-14-25(28-18(2)27-23)34-10-8-33(3)9-11-34/h4-7,12-14H,8-11,15-16H2,1-3H3,(H,36,37)(H2,27,28,29,30,31). The summed E-state index contributed by atoms with van der Waals surface area (Å²) in [6.45, 7) is 7.92. The third-order valence-electron chi connectivity index (χ3n) is 6.42. The van der Waals surface area contributed by atoms with E-state index in [1.807, 2.05) is 43.3 Å². The first-order valence-electron chi connectivity index (χ1n) is 12.4. The molecule has 3 N–H and O–H groups in total. The number of nitrogens with one attached hydrogen (secondary N) is 2. The normalized spacial score (nSPS) is 14.0. The van der Waals surface area contributed by atoms with Crippen LogP contribution < -0.4 is 10.2 Å². The van der Waals surface area contributed by atoms with Gasteiger partial charge in [-0.2, -0.15) is 5.10 Å². The third kappa shape index (κ3) is 6.09. The molecule has 0 aliphatic carbocycles. The summed E-state index contributed by atoms with van der Waals surface area (Å²) in [6, 6.07) is 13.3. The Bertz CT molecular complexity index is 1390. The van der Waals surface area contributed by atoms with Crippen LogP contribution in [0.2, 0.25) is 0 Å². The molecule has 1 saturated heterocycles. The average Bonchev–Trinajstić information content (AvgIpc) is 3.53. The largest absolute Gasteiger partial charge is 0.465 e. The van der Waals surface area contributed by atoms with E-state index < -0.39 is 6.09 Å². The van der Waals surface area contributed by atoms with Crippen molar-refractivity contribution in [2.75, 3.05) is 43.4 Å². The highest BCUT2D eigenvalue weighted by molar-refractivity contribution is 5.67. The quantitative estimate of drug-likeness (QED) is 0.317. The van der Waals surface area contributed by atoms with Crippen LogP contribution in [-0.2, 0) is 13.1 Å². The fraction of sp³-hybridized carbons (Fsp3) is 0.346. The second-order valence-electron chi connectivity index (χ2n) is 9.51. The van der Waals surface area contributed by atoms with Crippen molar-refractivity contribution in [2.24, 2.45) is 0 Å². The maximum atomic E-state index is 11.7. The van der Waals surface area contributed by atoms with Crippen molar-refractivity contribution < 1.29 is 14.4 Å². The van der Waals surface area contributed by atoms with Crippen molar-refractivity contribution in [3.63, 3.8) is 0 Å². The first kappa shape index (κ1) is 25.2. The molecule has 198 valence electrons. The number of piperazine rings is 1. The molecule has 0 unspecified atom stereocenters. The fourth-order valence-corrected chi connectivity index (χ4v) is 4.37. The van der Waals surface area contributed by atoms with Gasteiger partial charge in [-0.1, -0.05) is 29.4 Å². The zero-order valence-corrected chi connectivity index (χ0v) is 21.7. The predicted molar refractivity (Wildman–Crippen MR) is 142 cm³/mol. The van der Waals surface area contributed by atoms with Crippen LogP contribution >= 0.6 is 0 Å². The summed E-state index contributed by atoms with van der Waals surface area (Å²) in [5, 5.41) is 24.2. The van der Waals surface area contributed by atoms with Gasteiger partial charge in [0.2, 0.25) is 0 Å². The summed E-state index contributed by atoms with van der Waals surface area (Å²) in [4.78, 5) is 26.8. The SMILES string of the molecule is Cc1nc(Nc2cc(-c3ccc(CN(Cc4cc(C)on4)C(=O)O)cc3)[nH]n2)cc(N2CCN(C)CC2)n1. The number of likely N-dealkylation sites (N-methyl/N-ethyl adjacent to an activating group) is 1. The van der Waals surface area contributed by atoms with E-state index in [0.717, 1.165) is 48.8 Å². The second-order valence-corrected chi connectivity index (χ2v) is 9.51. The van der Waals surface area contributed by atoms with Gasteiger partial charge < -0.3 is 24.7 Å². The van der Waals surface area contributed by atoms with Crippen LogP contribution in [0.15, 0.2) is 47.0 Å². The van der Waals surface area contributed by atoms with Gasteiger partial charge >= 0.3 is 6.09 Å². The average molecular weight is 518 g/mol. The number of aromatic nitrogens is 5. The van der Waals surface area contributed by atoms with Crippen molar-refractivity contribution in [2.45, 2.75) is 26.9 Å². The van der Waals surface area contributed by atoms with Crippen LogP contribution in [0.1, 0.15) is 22.8 Å². The van der Waals surface area contributed by atoms with Gasteiger partial charge in [-0.05, 0) is 32.0 Å². The summed E-state index contributed by atoms with van der Waals surface area (Å²) in [5.74, 6) is 3.59. The van der Waals surface area contributed by atoms with E-state index in [4.69, 9.17) is 4.52 Å². The minimum Gasteiger partial charge on any atom is -0.465 e. The lowest BCUT2D eigenvalue weighted by Gasteiger charge is -2.33. The van der Waals surface area contributed by atoms with Crippen molar-refractivity contribution in [1.82, 2.24) is 35.1 Å². The van der Waals surface area contributed by atoms with Crippen molar-refractivity contribution in [3.8, 4) is 11.3 Å². The first-order chi connectivity index (χ1) is 18.3. The minimum absolute atomic E-state index is 0.156. The predicted octanol–water partition coefficient (Wildman–Crippen LogP) is 3.65. The monoisotopic (exact) mass is 517 g/mol. The molecular formula is C26H31N9O3. The van der Waals surface area contributed by atoms with E-state index in [1.165, 1.54) is 4.90 Å². The fourth-order valence-electron chi connectivity index (χ4n) is 4.37. The van der Waals surface area contributed by atoms with Gasteiger partial charge in [0.25, 0.3) is 0 Å². The number of carboxylic acid groups (broad SMARTS) is 1. The lowest BCUT2D eigenvalue weighted by molar-refractivity contribution is 0.138. The van der Waals surface area contributed by atoms with E-state index in [0.29, 0.717) is 28.9 Å². The van der Waals surface area contributed by atoms with Gasteiger partial charge in [0.1, 0.15) is 28.9 Å². The third-order valence-corrected chi connectivity index (χ3v) is 6.42. The summed E-state index contributed by atoms with van der Waals surface area (Å²) in [6.07, 6.45) is -1.02. The summed E-state index contributed by atoms with van der Waals surface area (Å²) < 4.78 is 5.05. The van der Waals surface area contributed by atoms with Gasteiger partial charge in [-0.25, -0.2) is 14.8 Å². The molecule has 0 radical (unpaired) electrons. The van der Waals surface area contributed by atoms with Crippen LogP contribution in [0.3, 0.4) is 0 Å². The Morgan fingerprint density at radius 1 is 1.05 bits per heavy atom. The molecule has 12 nitrogen and oxygen atoms in total. The van der Waals surface area contributed by atoms with Gasteiger partial charge in [-0.3, -0.25) is 10.00 Å². The number of H-pyrrole nitrogens is 1. The molecule has 1 aliphatic rings. The number of hydrogen-bond donors (Lipinski definition) is 3. The highest BCUT2D eigenvalue weighted by Gasteiger charge is 2.18. The number of benzene rings is 1. The Labute approximate surface area is 220 Å². The lowest BCUT2D eigenvalue weighted by atomic mass is 10.1. The molecule has 3 aromatic heterocycles. The van der Waals surface area contributed by atoms with Crippen LogP contribution in [0.4, 0.5) is 22.2 Å². The van der Waals surface area contributed by atoms with Crippen molar-refractivity contribution >= 4 is 23.5 Å². The lowest BCUT2D eigenvalue weighted by Crippen LogP contribution is -2.44. The van der Waals surface area contributed by atoms with Crippen molar-refractivity contribution in [3.05, 3.63) is 65.3 Å². The molecule has 4 heterocycles. The zero-order valence-electron chi connectivity index (χ0n) is 21.7. The smallest absolute Gasteiger partial charge is 0.407 e.